The van der Waals surface area contributed by atoms with Crippen molar-refractivity contribution in [3.05, 3.63) is 41.6 Å². The molecule has 0 bridgehead atoms. The number of benzene rings is 1. The molecule has 0 unspecified atom stereocenters. The van der Waals surface area contributed by atoms with Gasteiger partial charge in [0.15, 0.2) is 0 Å². The summed E-state index contributed by atoms with van der Waals surface area (Å²) in [4.78, 5) is 0. The highest BCUT2D eigenvalue weighted by molar-refractivity contribution is 6.32. The van der Waals surface area contributed by atoms with Crippen LogP contribution in [0.25, 0.3) is 0 Å². The largest absolute Gasteiger partial charge is 0.464 e. The van der Waals surface area contributed by atoms with Gasteiger partial charge >= 0.3 is 0 Å². The topological polar surface area (TPSA) is 29.5 Å². The van der Waals surface area contributed by atoms with E-state index in [2.05, 4.69) is 6.58 Å². The Morgan fingerprint density at radius 2 is 2.29 bits per heavy atom. The average molecular weight is 213 g/mol. The molecular weight excluding hydrogens is 200 g/mol. The number of hydrogen-bond donors (Lipinski definition) is 1. The first-order chi connectivity index (χ1) is 6.77. The Balaban J connectivity index is 2.72. The highest BCUT2D eigenvalue weighted by atomic mass is 35.5. The Morgan fingerprint density at radius 1 is 1.50 bits per heavy atom. The second kappa shape index (κ2) is 5.68. The van der Waals surface area contributed by atoms with Crippen molar-refractivity contribution in [1.29, 1.82) is 0 Å². The van der Waals surface area contributed by atoms with Crippen molar-refractivity contribution in [2.45, 2.75) is 12.8 Å². The molecule has 14 heavy (non-hydrogen) atoms. The zero-order valence-electron chi connectivity index (χ0n) is 7.87. The number of aliphatic hydroxyl groups excluding tert-OH is 1. The number of aryl methyl sites for hydroxylation is 1. The summed E-state index contributed by atoms with van der Waals surface area (Å²) in [6.45, 7) is 3.65. The van der Waals surface area contributed by atoms with Crippen molar-refractivity contribution in [3.63, 3.8) is 0 Å². The molecule has 0 aliphatic heterocycles. The molecule has 3 heteroatoms. The quantitative estimate of drug-likeness (QED) is 0.761. The van der Waals surface area contributed by atoms with E-state index in [0.717, 1.165) is 18.4 Å². The van der Waals surface area contributed by atoms with Gasteiger partial charge in [-0.25, -0.2) is 0 Å². The normalized spacial score (nSPS) is 9.86. The van der Waals surface area contributed by atoms with Crippen molar-refractivity contribution in [3.8, 4) is 5.75 Å². The Morgan fingerprint density at radius 3 is 2.86 bits per heavy atom. The molecule has 0 atom stereocenters. The van der Waals surface area contributed by atoms with E-state index in [1.54, 1.807) is 6.07 Å². The SMILES string of the molecule is C=COc1ccc(CCCO)cc1Cl. The Kier molecular flexibility index (Phi) is 4.50. The number of hydrogen-bond acceptors (Lipinski definition) is 2. The van der Waals surface area contributed by atoms with Crippen LogP contribution in [-0.4, -0.2) is 11.7 Å². The predicted octanol–water partition coefficient (Wildman–Crippen LogP) is 2.79. The molecule has 0 saturated heterocycles. The summed E-state index contributed by atoms with van der Waals surface area (Å²) in [5.41, 5.74) is 1.10. The van der Waals surface area contributed by atoms with E-state index >= 15 is 0 Å². The molecule has 0 saturated carbocycles. The lowest BCUT2D eigenvalue weighted by atomic mass is 10.1. The Bertz CT molecular complexity index is 310. The predicted molar refractivity (Wildman–Crippen MR) is 57.7 cm³/mol. The van der Waals surface area contributed by atoms with Crippen molar-refractivity contribution < 1.29 is 9.84 Å². The van der Waals surface area contributed by atoms with Gasteiger partial charge in [-0.05, 0) is 30.5 Å². The van der Waals surface area contributed by atoms with E-state index in [9.17, 15) is 0 Å². The van der Waals surface area contributed by atoms with Gasteiger partial charge in [-0.2, -0.15) is 0 Å². The minimum absolute atomic E-state index is 0.197. The van der Waals surface area contributed by atoms with Crippen LogP contribution in [0.4, 0.5) is 0 Å². The van der Waals surface area contributed by atoms with Crippen molar-refractivity contribution in [1.82, 2.24) is 0 Å². The van der Waals surface area contributed by atoms with Crippen LogP contribution < -0.4 is 4.74 Å². The molecular formula is C11H13ClO2. The molecule has 76 valence electrons. The first-order valence-electron chi connectivity index (χ1n) is 4.44. The molecule has 0 fully saturated rings. The molecule has 0 aliphatic carbocycles. The zero-order valence-corrected chi connectivity index (χ0v) is 8.63. The van der Waals surface area contributed by atoms with E-state index in [1.807, 2.05) is 12.1 Å². The van der Waals surface area contributed by atoms with Gasteiger partial charge in [0.05, 0.1) is 11.3 Å². The van der Waals surface area contributed by atoms with Crippen LogP contribution in [0.1, 0.15) is 12.0 Å². The molecule has 0 radical (unpaired) electrons. The van der Waals surface area contributed by atoms with Crippen LogP contribution in [0.15, 0.2) is 31.0 Å². The van der Waals surface area contributed by atoms with E-state index in [4.69, 9.17) is 21.4 Å². The lowest BCUT2D eigenvalue weighted by molar-refractivity contribution is 0.288. The molecule has 0 aromatic heterocycles. The summed E-state index contributed by atoms with van der Waals surface area (Å²) in [7, 11) is 0. The van der Waals surface area contributed by atoms with Crippen molar-refractivity contribution >= 4 is 11.6 Å². The third-order valence-electron chi connectivity index (χ3n) is 1.83. The highest BCUT2D eigenvalue weighted by Crippen LogP contribution is 2.25. The van der Waals surface area contributed by atoms with Gasteiger partial charge in [-0.1, -0.05) is 24.2 Å². The molecule has 0 heterocycles. The first kappa shape index (κ1) is 11.1. The van der Waals surface area contributed by atoms with Gasteiger partial charge in [0.1, 0.15) is 5.75 Å². The van der Waals surface area contributed by atoms with E-state index in [1.165, 1.54) is 6.26 Å². The van der Waals surface area contributed by atoms with Gasteiger partial charge in [0.2, 0.25) is 0 Å². The van der Waals surface area contributed by atoms with Crippen LogP contribution in [0.2, 0.25) is 5.02 Å². The van der Waals surface area contributed by atoms with Gasteiger partial charge in [-0.15, -0.1) is 0 Å². The van der Waals surface area contributed by atoms with E-state index in [-0.39, 0.29) is 6.61 Å². The van der Waals surface area contributed by atoms with Gasteiger partial charge < -0.3 is 9.84 Å². The van der Waals surface area contributed by atoms with Gasteiger partial charge in [0.25, 0.3) is 0 Å². The Hall–Kier alpha value is -0.990. The van der Waals surface area contributed by atoms with Crippen LogP contribution in [0.3, 0.4) is 0 Å². The monoisotopic (exact) mass is 212 g/mol. The average Bonchev–Trinajstić information content (AvgIpc) is 2.19. The highest BCUT2D eigenvalue weighted by Gasteiger charge is 2.01. The van der Waals surface area contributed by atoms with E-state index in [0.29, 0.717) is 10.8 Å². The lowest BCUT2D eigenvalue weighted by Crippen LogP contribution is -1.90. The van der Waals surface area contributed by atoms with Gasteiger partial charge in [0, 0.05) is 6.61 Å². The molecule has 1 N–H and O–H groups in total. The van der Waals surface area contributed by atoms with E-state index < -0.39 is 0 Å². The molecule has 0 aliphatic rings. The third kappa shape index (κ3) is 3.05. The molecule has 0 amide bonds. The van der Waals surface area contributed by atoms with Crippen LogP contribution in [-0.2, 0) is 6.42 Å². The summed E-state index contributed by atoms with van der Waals surface area (Å²) >= 11 is 5.95. The molecule has 1 aromatic rings. The second-order valence-corrected chi connectivity index (χ2v) is 3.28. The minimum atomic E-state index is 0.197. The fourth-order valence-electron chi connectivity index (χ4n) is 1.17. The number of aliphatic hydroxyl groups is 1. The number of ether oxygens (including phenoxy) is 1. The van der Waals surface area contributed by atoms with Gasteiger partial charge in [-0.3, -0.25) is 0 Å². The molecule has 1 aromatic carbocycles. The fourth-order valence-corrected chi connectivity index (χ4v) is 1.42. The smallest absolute Gasteiger partial charge is 0.145 e. The van der Waals surface area contributed by atoms with Crippen molar-refractivity contribution in [2.75, 3.05) is 6.61 Å². The maximum Gasteiger partial charge on any atom is 0.145 e. The second-order valence-electron chi connectivity index (χ2n) is 2.88. The summed E-state index contributed by atoms with van der Waals surface area (Å²) in [5, 5.41) is 9.23. The first-order valence-corrected chi connectivity index (χ1v) is 4.82. The third-order valence-corrected chi connectivity index (χ3v) is 2.13. The molecule has 1 rings (SSSR count). The fraction of sp³-hybridized carbons (Fsp3) is 0.273. The summed E-state index contributed by atoms with van der Waals surface area (Å²) < 4.78 is 5.08. The standard InChI is InChI=1S/C11H13ClO2/c1-2-14-11-6-5-9(4-3-7-13)8-10(11)12/h2,5-6,8,13H,1,3-4,7H2. The molecule has 2 nitrogen and oxygen atoms in total. The minimum Gasteiger partial charge on any atom is -0.464 e. The maximum absolute atomic E-state index is 8.66. The number of halogens is 1. The summed E-state index contributed by atoms with van der Waals surface area (Å²) in [6.07, 6.45) is 2.91. The van der Waals surface area contributed by atoms with Crippen LogP contribution >= 0.6 is 11.6 Å². The lowest BCUT2D eigenvalue weighted by Gasteiger charge is -2.05. The maximum atomic E-state index is 8.66. The van der Waals surface area contributed by atoms with Crippen LogP contribution in [0, 0.1) is 0 Å². The molecule has 0 spiro atoms. The zero-order chi connectivity index (χ0) is 10.4. The number of rotatable bonds is 5. The summed E-state index contributed by atoms with van der Waals surface area (Å²) in [6, 6.07) is 5.58. The van der Waals surface area contributed by atoms with Crippen molar-refractivity contribution in [2.24, 2.45) is 0 Å². The summed E-state index contributed by atoms with van der Waals surface area (Å²) in [5.74, 6) is 0.606. The Labute approximate surface area is 88.8 Å². The van der Waals surface area contributed by atoms with Crippen LogP contribution in [0.5, 0.6) is 5.75 Å².